The standard InChI is InChI=1S/C16H22N2O/c1-16(2,3)13-8-6-12(7-9-13)15(18-17)11-14-5-4-10-19-14/h4-10,15,18H,11,17H2,1-3H3. The normalized spacial score (nSPS) is 13.5. The topological polar surface area (TPSA) is 51.2 Å². The zero-order chi connectivity index (χ0) is 13.9. The van der Waals surface area contributed by atoms with Crippen molar-refractivity contribution in [3.8, 4) is 0 Å². The summed E-state index contributed by atoms with van der Waals surface area (Å²) >= 11 is 0. The lowest BCUT2D eigenvalue weighted by molar-refractivity contribution is 0.454. The zero-order valence-electron chi connectivity index (χ0n) is 11.8. The van der Waals surface area contributed by atoms with E-state index in [4.69, 9.17) is 10.3 Å². The zero-order valence-corrected chi connectivity index (χ0v) is 11.8. The molecule has 0 radical (unpaired) electrons. The van der Waals surface area contributed by atoms with Crippen LogP contribution in [-0.2, 0) is 11.8 Å². The summed E-state index contributed by atoms with van der Waals surface area (Å²) in [5, 5.41) is 0. The highest BCUT2D eigenvalue weighted by atomic mass is 16.3. The molecule has 0 spiro atoms. The predicted molar refractivity (Wildman–Crippen MR) is 77.6 cm³/mol. The number of hydrogen-bond acceptors (Lipinski definition) is 3. The van der Waals surface area contributed by atoms with Gasteiger partial charge in [-0.3, -0.25) is 11.3 Å². The van der Waals surface area contributed by atoms with Gasteiger partial charge in [-0.15, -0.1) is 0 Å². The quantitative estimate of drug-likeness (QED) is 0.653. The van der Waals surface area contributed by atoms with Crippen LogP contribution in [0.1, 0.15) is 43.7 Å². The van der Waals surface area contributed by atoms with Crippen LogP contribution in [0.5, 0.6) is 0 Å². The summed E-state index contributed by atoms with van der Waals surface area (Å²) in [7, 11) is 0. The second-order valence-corrected chi connectivity index (χ2v) is 5.87. The van der Waals surface area contributed by atoms with Gasteiger partial charge in [-0.2, -0.15) is 0 Å². The largest absolute Gasteiger partial charge is 0.469 e. The van der Waals surface area contributed by atoms with Crippen molar-refractivity contribution in [1.29, 1.82) is 0 Å². The molecule has 0 fully saturated rings. The Morgan fingerprint density at radius 1 is 1.16 bits per heavy atom. The molecule has 0 amide bonds. The third-order valence-electron chi connectivity index (χ3n) is 3.37. The Morgan fingerprint density at radius 2 is 1.84 bits per heavy atom. The third kappa shape index (κ3) is 3.46. The number of furan rings is 1. The average Bonchev–Trinajstić information content (AvgIpc) is 2.88. The third-order valence-corrected chi connectivity index (χ3v) is 3.37. The Balaban J connectivity index is 2.15. The fourth-order valence-corrected chi connectivity index (χ4v) is 2.12. The molecule has 1 unspecified atom stereocenters. The molecule has 3 nitrogen and oxygen atoms in total. The van der Waals surface area contributed by atoms with Crippen LogP contribution in [0.2, 0.25) is 0 Å². The number of rotatable bonds is 4. The van der Waals surface area contributed by atoms with Crippen molar-refractivity contribution in [2.24, 2.45) is 5.84 Å². The smallest absolute Gasteiger partial charge is 0.105 e. The Bertz CT molecular complexity index is 495. The Kier molecular flexibility index (Phi) is 4.08. The molecule has 0 aliphatic rings. The molecule has 1 aromatic heterocycles. The molecular weight excluding hydrogens is 236 g/mol. The van der Waals surface area contributed by atoms with Crippen LogP contribution in [0.15, 0.2) is 47.1 Å². The molecule has 0 aliphatic carbocycles. The number of nitrogens with two attached hydrogens (primary N) is 1. The molecule has 19 heavy (non-hydrogen) atoms. The fourth-order valence-electron chi connectivity index (χ4n) is 2.12. The van der Waals surface area contributed by atoms with Crippen molar-refractivity contribution in [2.45, 2.75) is 38.6 Å². The highest BCUT2D eigenvalue weighted by Gasteiger charge is 2.16. The Labute approximate surface area is 114 Å². The highest BCUT2D eigenvalue weighted by molar-refractivity contribution is 5.29. The molecule has 0 bridgehead atoms. The molecule has 1 heterocycles. The van der Waals surface area contributed by atoms with Crippen molar-refractivity contribution in [2.75, 3.05) is 0 Å². The minimum absolute atomic E-state index is 0.0696. The predicted octanol–water partition coefficient (Wildman–Crippen LogP) is 3.32. The Hall–Kier alpha value is -1.58. The maximum Gasteiger partial charge on any atom is 0.105 e. The number of benzene rings is 1. The molecule has 2 rings (SSSR count). The van der Waals surface area contributed by atoms with Crippen molar-refractivity contribution in [3.63, 3.8) is 0 Å². The molecule has 1 aromatic carbocycles. The van der Waals surface area contributed by atoms with E-state index in [1.165, 1.54) is 11.1 Å². The van der Waals surface area contributed by atoms with Gasteiger partial charge in [0.1, 0.15) is 5.76 Å². The summed E-state index contributed by atoms with van der Waals surface area (Å²) < 4.78 is 5.37. The highest BCUT2D eigenvalue weighted by Crippen LogP contribution is 2.25. The van der Waals surface area contributed by atoms with Gasteiger partial charge >= 0.3 is 0 Å². The van der Waals surface area contributed by atoms with Crippen LogP contribution in [0.4, 0.5) is 0 Å². The lowest BCUT2D eigenvalue weighted by atomic mass is 9.86. The van der Waals surface area contributed by atoms with Crippen molar-refractivity contribution in [3.05, 3.63) is 59.5 Å². The average molecular weight is 258 g/mol. The van der Waals surface area contributed by atoms with Gasteiger partial charge in [0.15, 0.2) is 0 Å². The maximum absolute atomic E-state index is 5.65. The van der Waals surface area contributed by atoms with Gasteiger partial charge in [-0.05, 0) is 28.7 Å². The van der Waals surface area contributed by atoms with Crippen LogP contribution < -0.4 is 11.3 Å². The van der Waals surface area contributed by atoms with E-state index in [9.17, 15) is 0 Å². The second-order valence-electron chi connectivity index (χ2n) is 5.87. The maximum atomic E-state index is 5.65. The van der Waals surface area contributed by atoms with Crippen LogP contribution >= 0.6 is 0 Å². The number of hydrogen-bond donors (Lipinski definition) is 2. The molecule has 0 saturated heterocycles. The first-order valence-corrected chi connectivity index (χ1v) is 6.59. The molecule has 3 heteroatoms. The summed E-state index contributed by atoms with van der Waals surface area (Å²) in [6, 6.07) is 12.5. The summed E-state index contributed by atoms with van der Waals surface area (Å²) in [5.74, 6) is 6.59. The molecule has 1 atom stereocenters. The van der Waals surface area contributed by atoms with Gasteiger partial charge in [0, 0.05) is 6.42 Å². The van der Waals surface area contributed by atoms with Crippen LogP contribution in [-0.4, -0.2) is 0 Å². The minimum atomic E-state index is 0.0696. The first-order valence-electron chi connectivity index (χ1n) is 6.59. The van der Waals surface area contributed by atoms with E-state index in [-0.39, 0.29) is 11.5 Å². The van der Waals surface area contributed by atoms with Gasteiger partial charge in [0.05, 0.1) is 12.3 Å². The van der Waals surface area contributed by atoms with E-state index < -0.39 is 0 Å². The Morgan fingerprint density at radius 3 is 2.32 bits per heavy atom. The van der Waals surface area contributed by atoms with Gasteiger partial charge in [0.2, 0.25) is 0 Å². The molecule has 2 aromatic rings. The van der Waals surface area contributed by atoms with Crippen LogP contribution in [0.25, 0.3) is 0 Å². The molecule has 102 valence electrons. The summed E-state index contributed by atoms with van der Waals surface area (Å²) in [6.07, 6.45) is 2.43. The van der Waals surface area contributed by atoms with E-state index in [1.54, 1.807) is 6.26 Å². The van der Waals surface area contributed by atoms with Crippen LogP contribution in [0, 0.1) is 0 Å². The van der Waals surface area contributed by atoms with Crippen molar-refractivity contribution in [1.82, 2.24) is 5.43 Å². The first-order chi connectivity index (χ1) is 9.00. The summed E-state index contributed by atoms with van der Waals surface area (Å²) in [5.41, 5.74) is 5.52. The van der Waals surface area contributed by atoms with Crippen molar-refractivity contribution >= 4 is 0 Å². The SMILES string of the molecule is CC(C)(C)c1ccc(C(Cc2ccco2)NN)cc1. The second kappa shape index (κ2) is 5.59. The van der Waals surface area contributed by atoms with Gasteiger partial charge in [-0.25, -0.2) is 0 Å². The molecule has 0 aliphatic heterocycles. The minimum Gasteiger partial charge on any atom is -0.469 e. The number of nitrogens with one attached hydrogen (secondary N) is 1. The fraction of sp³-hybridized carbons (Fsp3) is 0.375. The molecule has 3 N–H and O–H groups in total. The van der Waals surface area contributed by atoms with E-state index in [1.807, 2.05) is 12.1 Å². The van der Waals surface area contributed by atoms with Gasteiger partial charge in [0.25, 0.3) is 0 Å². The van der Waals surface area contributed by atoms with Gasteiger partial charge < -0.3 is 4.42 Å². The van der Waals surface area contributed by atoms with Gasteiger partial charge in [-0.1, -0.05) is 45.0 Å². The monoisotopic (exact) mass is 258 g/mol. The molecular formula is C16H22N2O. The van der Waals surface area contributed by atoms with Crippen molar-refractivity contribution < 1.29 is 4.42 Å². The molecule has 0 saturated carbocycles. The lowest BCUT2D eigenvalue weighted by Gasteiger charge is -2.21. The van der Waals surface area contributed by atoms with E-state index >= 15 is 0 Å². The number of hydrazine groups is 1. The summed E-state index contributed by atoms with van der Waals surface area (Å²) in [4.78, 5) is 0. The summed E-state index contributed by atoms with van der Waals surface area (Å²) in [6.45, 7) is 6.64. The van der Waals surface area contributed by atoms with Crippen LogP contribution in [0.3, 0.4) is 0 Å². The van der Waals surface area contributed by atoms with E-state index in [2.05, 4.69) is 50.5 Å². The van der Waals surface area contributed by atoms with E-state index in [0.29, 0.717) is 0 Å². The lowest BCUT2D eigenvalue weighted by Crippen LogP contribution is -2.29. The first kappa shape index (κ1) is 13.8. The van der Waals surface area contributed by atoms with E-state index in [0.717, 1.165) is 12.2 Å².